The number of unbranched alkanes of at least 4 members (excludes halogenated alkanes) is 13. The summed E-state index contributed by atoms with van der Waals surface area (Å²) in [6, 6.07) is 1.50. The Morgan fingerprint density at radius 3 is 2.00 bits per heavy atom. The Labute approximate surface area is 253 Å². The number of nitrogens with zero attached hydrogens (tertiary/aromatic N) is 2. The molecular formula is C31H57N3O7P-. The van der Waals surface area contributed by atoms with Gasteiger partial charge in [0.1, 0.15) is 18.0 Å². The number of rotatable bonds is 23. The van der Waals surface area contributed by atoms with Crippen LogP contribution in [0.25, 0.3) is 0 Å². The smallest absolute Gasteiger partial charge is 0.351 e. The normalized spacial score (nSPS) is 22.3. The van der Waals surface area contributed by atoms with E-state index in [0.717, 1.165) is 19.3 Å². The Bertz CT molecular complexity index is 974. The molecule has 0 spiro atoms. The standard InChI is InChI=1S/C31H58N3O7P/c1-6-7-8-9-10-11-12-13-14-15-16-17-18-19-22-38-29-28(41-42(36,37)40-25(4)5)26(23-24(2)3)39-30(29)34-21-20-27(32)33-31(34)35/h20-21,24-26,28-30H,6-19,22-23H2,1-5H3,(H,36,37)(H2,32,33,35)/p-1/t26-,28+,29?,30-/m1/s1. The SMILES string of the molecule is CCCCCCCCCCCCCCCCOC1[C@@H](OP(=O)([O-])OC(C)C)[C@@H](CC(C)C)O[C@H]1n1ccc(N)nc1=O. The first-order chi connectivity index (χ1) is 20.0. The summed E-state index contributed by atoms with van der Waals surface area (Å²) in [4.78, 5) is 29.2. The van der Waals surface area contributed by atoms with Crippen molar-refractivity contribution in [3.8, 4) is 0 Å². The van der Waals surface area contributed by atoms with Crippen LogP contribution in [0.4, 0.5) is 5.82 Å². The van der Waals surface area contributed by atoms with Crippen LogP contribution in [0.3, 0.4) is 0 Å². The molecule has 0 aromatic carbocycles. The van der Waals surface area contributed by atoms with Gasteiger partial charge in [0.15, 0.2) is 6.23 Å². The molecular weight excluding hydrogens is 557 g/mol. The summed E-state index contributed by atoms with van der Waals surface area (Å²) in [6.07, 6.45) is 15.6. The average molecular weight is 615 g/mol. The highest BCUT2D eigenvalue weighted by molar-refractivity contribution is 7.45. The fraction of sp³-hybridized carbons (Fsp3) is 0.871. The number of aromatic nitrogens is 2. The first-order valence-electron chi connectivity index (χ1n) is 16.3. The molecule has 2 N–H and O–H groups in total. The van der Waals surface area contributed by atoms with Crippen molar-refractivity contribution >= 4 is 13.6 Å². The minimum Gasteiger partial charge on any atom is -0.756 e. The number of ether oxygens (including phenoxy) is 2. The third-order valence-corrected chi connectivity index (χ3v) is 8.70. The molecule has 0 saturated carbocycles. The Hall–Kier alpha value is -1.29. The number of hydrogen-bond acceptors (Lipinski definition) is 9. The maximum Gasteiger partial charge on any atom is 0.351 e. The summed E-state index contributed by atoms with van der Waals surface area (Å²) in [5.41, 5.74) is 5.09. The molecule has 2 unspecified atom stereocenters. The maximum absolute atomic E-state index is 12.7. The van der Waals surface area contributed by atoms with Gasteiger partial charge in [-0.2, -0.15) is 4.98 Å². The van der Waals surface area contributed by atoms with Crippen molar-refractivity contribution in [3.05, 3.63) is 22.7 Å². The second-order valence-electron chi connectivity index (χ2n) is 12.3. The molecule has 1 aromatic rings. The predicted molar refractivity (Wildman–Crippen MR) is 165 cm³/mol. The van der Waals surface area contributed by atoms with Crippen LogP contribution < -0.4 is 16.3 Å². The molecule has 0 amide bonds. The molecule has 1 aliphatic rings. The zero-order valence-corrected chi connectivity index (χ0v) is 27.6. The number of phosphoric ester groups is 1. The molecule has 1 aromatic heterocycles. The number of phosphoric acid groups is 1. The summed E-state index contributed by atoms with van der Waals surface area (Å²) in [5, 5.41) is 0. The van der Waals surface area contributed by atoms with Gasteiger partial charge in [-0.25, -0.2) is 4.79 Å². The van der Waals surface area contributed by atoms with Gasteiger partial charge in [-0.15, -0.1) is 0 Å². The molecule has 11 heteroatoms. The van der Waals surface area contributed by atoms with Crippen molar-refractivity contribution < 1.29 is 28.0 Å². The van der Waals surface area contributed by atoms with E-state index in [1.54, 1.807) is 13.8 Å². The van der Waals surface area contributed by atoms with Gasteiger partial charge in [0, 0.05) is 12.8 Å². The van der Waals surface area contributed by atoms with Crippen LogP contribution in [-0.2, 0) is 23.1 Å². The molecule has 0 bridgehead atoms. The van der Waals surface area contributed by atoms with Gasteiger partial charge < -0.3 is 29.1 Å². The van der Waals surface area contributed by atoms with E-state index >= 15 is 0 Å². The largest absolute Gasteiger partial charge is 0.756 e. The Balaban J connectivity index is 1.91. The van der Waals surface area contributed by atoms with Gasteiger partial charge in [-0.3, -0.25) is 9.13 Å². The van der Waals surface area contributed by atoms with Crippen LogP contribution in [0.5, 0.6) is 0 Å². The second kappa shape index (κ2) is 19.9. The summed E-state index contributed by atoms with van der Waals surface area (Å²) >= 11 is 0. The Morgan fingerprint density at radius 2 is 1.50 bits per heavy atom. The Morgan fingerprint density at radius 1 is 0.952 bits per heavy atom. The number of nitrogens with two attached hydrogens (primary N) is 1. The number of nitrogen functional groups attached to an aromatic ring is 1. The first kappa shape index (κ1) is 36.9. The number of anilines is 1. The monoisotopic (exact) mass is 614 g/mol. The molecule has 1 fully saturated rings. The minimum atomic E-state index is -4.66. The maximum atomic E-state index is 12.7. The third-order valence-electron chi connectivity index (χ3n) is 7.51. The van der Waals surface area contributed by atoms with E-state index < -0.39 is 44.2 Å². The molecule has 10 nitrogen and oxygen atoms in total. The fourth-order valence-corrected chi connectivity index (χ4v) is 6.58. The van der Waals surface area contributed by atoms with E-state index in [9.17, 15) is 14.3 Å². The summed E-state index contributed by atoms with van der Waals surface area (Å²) in [6.45, 7) is 9.91. The van der Waals surface area contributed by atoms with Crippen LogP contribution in [-0.4, -0.2) is 40.6 Å². The van der Waals surface area contributed by atoms with Crippen molar-refractivity contribution in [2.75, 3.05) is 12.3 Å². The van der Waals surface area contributed by atoms with Crippen LogP contribution >= 0.6 is 7.82 Å². The van der Waals surface area contributed by atoms with Crippen molar-refractivity contribution in [1.82, 2.24) is 9.55 Å². The van der Waals surface area contributed by atoms with Crippen LogP contribution in [0.15, 0.2) is 17.1 Å². The summed E-state index contributed by atoms with van der Waals surface area (Å²) in [5.74, 6) is 0.277. The molecule has 2 rings (SSSR count). The predicted octanol–water partition coefficient (Wildman–Crippen LogP) is 6.91. The lowest BCUT2D eigenvalue weighted by atomic mass is 10.0. The topological polar surface area (TPSA) is 138 Å². The van der Waals surface area contributed by atoms with E-state index in [0.29, 0.717) is 13.0 Å². The minimum absolute atomic E-state index is 0.0926. The van der Waals surface area contributed by atoms with Crippen molar-refractivity contribution in [2.45, 2.75) is 162 Å². The van der Waals surface area contributed by atoms with Crippen LogP contribution in [0.2, 0.25) is 0 Å². The van der Waals surface area contributed by atoms with Crippen LogP contribution in [0, 0.1) is 5.92 Å². The lowest BCUT2D eigenvalue weighted by Crippen LogP contribution is -2.40. The van der Waals surface area contributed by atoms with Crippen molar-refractivity contribution in [1.29, 1.82) is 0 Å². The van der Waals surface area contributed by atoms with E-state index in [-0.39, 0.29) is 11.7 Å². The molecule has 1 saturated heterocycles. The molecule has 5 atom stereocenters. The Kier molecular flexibility index (Phi) is 17.5. The molecule has 244 valence electrons. The highest BCUT2D eigenvalue weighted by Gasteiger charge is 2.49. The fourth-order valence-electron chi connectivity index (χ4n) is 5.46. The molecule has 1 aliphatic heterocycles. The zero-order chi connectivity index (χ0) is 31.0. The number of hydrogen-bond donors (Lipinski definition) is 1. The summed E-state index contributed by atoms with van der Waals surface area (Å²) < 4.78 is 37.2. The van der Waals surface area contributed by atoms with E-state index in [1.165, 1.54) is 87.5 Å². The molecule has 0 aliphatic carbocycles. The van der Waals surface area contributed by atoms with E-state index in [4.69, 9.17) is 24.3 Å². The van der Waals surface area contributed by atoms with Gasteiger partial charge in [0.2, 0.25) is 0 Å². The van der Waals surface area contributed by atoms with Gasteiger partial charge in [0.25, 0.3) is 7.82 Å². The third kappa shape index (κ3) is 14.0. The lowest BCUT2D eigenvalue weighted by Gasteiger charge is -2.32. The lowest BCUT2D eigenvalue weighted by molar-refractivity contribution is -0.237. The van der Waals surface area contributed by atoms with E-state index in [2.05, 4.69) is 11.9 Å². The second-order valence-corrected chi connectivity index (χ2v) is 13.7. The highest BCUT2D eigenvalue weighted by Crippen LogP contribution is 2.47. The molecule has 42 heavy (non-hydrogen) atoms. The van der Waals surface area contributed by atoms with Gasteiger partial charge in [-0.05, 0) is 38.7 Å². The van der Waals surface area contributed by atoms with E-state index in [1.807, 2.05) is 13.8 Å². The van der Waals surface area contributed by atoms with Crippen molar-refractivity contribution in [2.24, 2.45) is 5.92 Å². The highest BCUT2D eigenvalue weighted by atomic mass is 31.2. The first-order valence-corrected chi connectivity index (χ1v) is 17.8. The van der Waals surface area contributed by atoms with Crippen molar-refractivity contribution in [3.63, 3.8) is 0 Å². The molecule has 2 heterocycles. The zero-order valence-electron chi connectivity index (χ0n) is 26.7. The van der Waals surface area contributed by atoms with Gasteiger partial charge in [-0.1, -0.05) is 104 Å². The van der Waals surface area contributed by atoms with Gasteiger partial charge in [0.05, 0.1) is 12.2 Å². The average Bonchev–Trinajstić information content (AvgIpc) is 3.20. The quantitative estimate of drug-likeness (QED) is 0.103. The van der Waals surface area contributed by atoms with Gasteiger partial charge >= 0.3 is 5.69 Å². The van der Waals surface area contributed by atoms with Crippen LogP contribution in [0.1, 0.15) is 137 Å². The summed E-state index contributed by atoms with van der Waals surface area (Å²) in [7, 11) is -4.66. The molecule has 0 radical (unpaired) electrons.